The number of aryl methyl sites for hydroxylation is 2. The van der Waals surface area contributed by atoms with E-state index >= 15 is 0 Å². The van der Waals surface area contributed by atoms with Crippen LogP contribution >= 0.6 is 35.7 Å². The van der Waals surface area contributed by atoms with E-state index in [4.69, 9.17) is 9.15 Å². The number of thioether (sulfide) groups is 1. The molecule has 1 aromatic heterocycles. The van der Waals surface area contributed by atoms with Crippen LogP contribution < -0.4 is 10.6 Å². The number of rotatable bonds is 7. The number of benzene rings is 1. The summed E-state index contributed by atoms with van der Waals surface area (Å²) < 4.78 is 11.5. The number of aliphatic imine (C=N–C) groups is 1. The second kappa shape index (κ2) is 12.6. The zero-order valence-electron chi connectivity index (χ0n) is 18.2. The van der Waals surface area contributed by atoms with Gasteiger partial charge in [-0.15, -0.1) is 35.7 Å². The summed E-state index contributed by atoms with van der Waals surface area (Å²) in [6.07, 6.45) is 2.11. The SMILES string of the molecule is CN=C(NCc1ccc(C)cc1SC)NCC(c1ccc(C)o1)N1CCOCC1.I. The van der Waals surface area contributed by atoms with Gasteiger partial charge >= 0.3 is 0 Å². The minimum Gasteiger partial charge on any atom is -0.465 e. The molecule has 1 fully saturated rings. The number of hydrogen-bond acceptors (Lipinski definition) is 5. The van der Waals surface area contributed by atoms with Crippen molar-refractivity contribution < 1.29 is 9.15 Å². The number of morpholine rings is 1. The monoisotopic (exact) mass is 544 g/mol. The van der Waals surface area contributed by atoms with Gasteiger partial charge in [0.1, 0.15) is 11.5 Å². The first kappa shape index (κ1) is 25.0. The van der Waals surface area contributed by atoms with Crippen LogP contribution in [0.15, 0.2) is 44.6 Å². The zero-order chi connectivity index (χ0) is 20.6. The Bertz CT molecular complexity index is 821. The summed E-state index contributed by atoms with van der Waals surface area (Å²) in [6.45, 7) is 8.88. The number of nitrogens with zero attached hydrogens (tertiary/aromatic N) is 2. The molecule has 0 amide bonds. The van der Waals surface area contributed by atoms with E-state index in [9.17, 15) is 0 Å². The molecule has 8 heteroatoms. The Morgan fingerprint density at radius 2 is 1.93 bits per heavy atom. The molecule has 1 aromatic carbocycles. The van der Waals surface area contributed by atoms with E-state index in [0.717, 1.165) is 56.9 Å². The second-order valence-electron chi connectivity index (χ2n) is 7.23. The van der Waals surface area contributed by atoms with Gasteiger partial charge < -0.3 is 19.8 Å². The maximum Gasteiger partial charge on any atom is 0.191 e. The van der Waals surface area contributed by atoms with Crippen LogP contribution in [-0.4, -0.2) is 57.0 Å². The topological polar surface area (TPSA) is 62.0 Å². The molecule has 1 saturated heterocycles. The second-order valence-corrected chi connectivity index (χ2v) is 8.08. The van der Waals surface area contributed by atoms with E-state index in [0.29, 0.717) is 0 Å². The van der Waals surface area contributed by atoms with Gasteiger partial charge in [0.05, 0.1) is 19.3 Å². The molecule has 0 spiro atoms. The molecule has 2 N–H and O–H groups in total. The smallest absolute Gasteiger partial charge is 0.191 e. The number of ether oxygens (including phenoxy) is 1. The highest BCUT2D eigenvalue weighted by molar-refractivity contribution is 14.0. The normalized spacial score (nSPS) is 16.1. The molecule has 3 rings (SSSR count). The summed E-state index contributed by atoms with van der Waals surface area (Å²) >= 11 is 1.77. The van der Waals surface area contributed by atoms with Gasteiger partial charge in [-0.3, -0.25) is 9.89 Å². The molecule has 30 heavy (non-hydrogen) atoms. The van der Waals surface area contributed by atoms with E-state index in [-0.39, 0.29) is 30.0 Å². The molecule has 1 aliphatic rings. The third kappa shape index (κ3) is 6.90. The molecule has 166 valence electrons. The fourth-order valence-corrected chi connectivity index (χ4v) is 4.23. The molecule has 1 aliphatic heterocycles. The van der Waals surface area contributed by atoms with Gasteiger partial charge in [0.15, 0.2) is 5.96 Å². The molecule has 1 unspecified atom stereocenters. The van der Waals surface area contributed by atoms with E-state index in [1.807, 2.05) is 13.0 Å². The first-order valence-corrected chi connectivity index (χ1v) is 11.3. The van der Waals surface area contributed by atoms with Gasteiger partial charge in [-0.25, -0.2) is 0 Å². The third-order valence-electron chi connectivity index (χ3n) is 5.15. The van der Waals surface area contributed by atoms with Crippen LogP contribution in [0, 0.1) is 13.8 Å². The van der Waals surface area contributed by atoms with Crippen LogP contribution in [0.25, 0.3) is 0 Å². The van der Waals surface area contributed by atoms with Gasteiger partial charge in [-0.1, -0.05) is 12.1 Å². The fraction of sp³-hybridized carbons (Fsp3) is 0.500. The van der Waals surface area contributed by atoms with Crippen molar-refractivity contribution in [1.82, 2.24) is 15.5 Å². The predicted molar refractivity (Wildman–Crippen MR) is 135 cm³/mol. The molecule has 1 atom stereocenters. The first-order chi connectivity index (χ1) is 14.1. The maximum absolute atomic E-state index is 5.95. The summed E-state index contributed by atoms with van der Waals surface area (Å²) in [5.41, 5.74) is 2.56. The fourth-order valence-electron chi connectivity index (χ4n) is 3.52. The molecule has 2 aromatic rings. The summed E-state index contributed by atoms with van der Waals surface area (Å²) in [7, 11) is 1.81. The van der Waals surface area contributed by atoms with Gasteiger partial charge in [0, 0.05) is 38.1 Å². The van der Waals surface area contributed by atoms with Crippen LogP contribution in [0.1, 0.15) is 28.7 Å². The standard InChI is InChI=1S/C22H32N4O2S.HI/c1-16-5-7-18(21(13-16)29-4)14-24-22(23-3)25-15-19(20-8-6-17(2)28-20)26-9-11-27-12-10-26;/h5-8,13,19H,9-12,14-15H2,1-4H3,(H2,23,24,25);1H. The summed E-state index contributed by atoms with van der Waals surface area (Å²) in [4.78, 5) is 8.11. The molecule has 0 bridgehead atoms. The number of halogens is 1. The number of furan rings is 1. The maximum atomic E-state index is 5.95. The largest absolute Gasteiger partial charge is 0.465 e. The molecule has 0 radical (unpaired) electrons. The summed E-state index contributed by atoms with van der Waals surface area (Å²) in [5.74, 6) is 2.71. The molecule has 6 nitrogen and oxygen atoms in total. The lowest BCUT2D eigenvalue weighted by atomic mass is 10.1. The summed E-state index contributed by atoms with van der Waals surface area (Å²) in [6, 6.07) is 10.8. The highest BCUT2D eigenvalue weighted by Crippen LogP contribution is 2.24. The Morgan fingerprint density at radius 3 is 2.57 bits per heavy atom. The Balaban J connectivity index is 0.00000320. The minimum absolute atomic E-state index is 0. The Kier molecular flexibility index (Phi) is 10.5. The van der Waals surface area contributed by atoms with E-state index in [2.05, 4.69) is 58.0 Å². The van der Waals surface area contributed by atoms with Crippen molar-refractivity contribution in [3.63, 3.8) is 0 Å². The zero-order valence-corrected chi connectivity index (χ0v) is 21.4. The minimum atomic E-state index is 0. The Hall–Kier alpha value is -1.23. The summed E-state index contributed by atoms with van der Waals surface area (Å²) in [5, 5.41) is 6.93. The molecule has 2 heterocycles. The molecule has 0 saturated carbocycles. The van der Waals surface area contributed by atoms with Crippen molar-refractivity contribution in [3.8, 4) is 0 Å². The van der Waals surface area contributed by atoms with Crippen LogP contribution in [0.5, 0.6) is 0 Å². The van der Waals surface area contributed by atoms with Crippen LogP contribution in [-0.2, 0) is 11.3 Å². The lowest BCUT2D eigenvalue weighted by Crippen LogP contribution is -2.46. The van der Waals surface area contributed by atoms with Crippen molar-refractivity contribution in [3.05, 3.63) is 53.0 Å². The van der Waals surface area contributed by atoms with Crippen LogP contribution in [0.3, 0.4) is 0 Å². The first-order valence-electron chi connectivity index (χ1n) is 10.1. The number of nitrogens with one attached hydrogen (secondary N) is 2. The predicted octanol–water partition coefficient (Wildman–Crippen LogP) is 3.97. The van der Waals surface area contributed by atoms with Crippen molar-refractivity contribution >= 4 is 41.7 Å². The van der Waals surface area contributed by atoms with Gasteiger partial charge in [-0.05, 0) is 49.4 Å². The molecular weight excluding hydrogens is 511 g/mol. The Labute approximate surface area is 201 Å². The van der Waals surface area contributed by atoms with Crippen LogP contribution in [0.4, 0.5) is 0 Å². The van der Waals surface area contributed by atoms with E-state index in [1.165, 1.54) is 16.0 Å². The van der Waals surface area contributed by atoms with Crippen molar-refractivity contribution in [1.29, 1.82) is 0 Å². The van der Waals surface area contributed by atoms with E-state index in [1.54, 1.807) is 18.8 Å². The van der Waals surface area contributed by atoms with Crippen LogP contribution in [0.2, 0.25) is 0 Å². The highest BCUT2D eigenvalue weighted by Gasteiger charge is 2.25. The van der Waals surface area contributed by atoms with Crippen molar-refractivity contribution in [2.75, 3.05) is 46.2 Å². The van der Waals surface area contributed by atoms with Crippen molar-refractivity contribution in [2.24, 2.45) is 4.99 Å². The lowest BCUT2D eigenvalue weighted by Gasteiger charge is -2.33. The number of hydrogen-bond donors (Lipinski definition) is 2. The molecule has 0 aliphatic carbocycles. The van der Waals surface area contributed by atoms with Gasteiger partial charge in [-0.2, -0.15) is 0 Å². The van der Waals surface area contributed by atoms with E-state index < -0.39 is 0 Å². The lowest BCUT2D eigenvalue weighted by molar-refractivity contribution is 0.0124. The number of guanidine groups is 1. The highest BCUT2D eigenvalue weighted by atomic mass is 127. The van der Waals surface area contributed by atoms with Gasteiger partial charge in [0.25, 0.3) is 0 Å². The Morgan fingerprint density at radius 1 is 1.17 bits per heavy atom. The van der Waals surface area contributed by atoms with Gasteiger partial charge in [0.2, 0.25) is 0 Å². The average molecular weight is 545 g/mol. The average Bonchev–Trinajstić information content (AvgIpc) is 3.17. The quantitative estimate of drug-likeness (QED) is 0.238. The molecular formula is C22H33IN4O2S. The van der Waals surface area contributed by atoms with Crippen molar-refractivity contribution in [2.45, 2.75) is 31.3 Å². The third-order valence-corrected chi connectivity index (χ3v) is 5.97.